The van der Waals surface area contributed by atoms with Crippen molar-refractivity contribution >= 4 is 29.1 Å². The number of phenolic OH excluding ortho intramolecular Hbond substituents is 1. The first-order chi connectivity index (χ1) is 15.0. The lowest BCUT2D eigenvalue weighted by molar-refractivity contribution is -0.111. The third-order valence-corrected chi connectivity index (χ3v) is 4.37. The summed E-state index contributed by atoms with van der Waals surface area (Å²) >= 11 is 0. The van der Waals surface area contributed by atoms with Crippen molar-refractivity contribution in [3.8, 4) is 5.75 Å². The number of carbonyl (C=O) groups excluding carboxylic acids is 2. The predicted octanol–water partition coefficient (Wildman–Crippen LogP) is 4.85. The standard InChI is InChI=1S/C24H23N3O4/c25-20-9-4-5-10-21(20)27-23(29)12-6-11-22(17-13-15-19(28)16-14-17)31-24(30)26-18-7-2-1-3-8-18/h1-10,12-16,22,28H,11,25H2,(H,26,30)(H,27,29)/b12-6+/t22-/m1/s1. The number of ether oxygens (including phenoxy) is 1. The van der Waals surface area contributed by atoms with E-state index in [0.29, 0.717) is 22.6 Å². The number of aromatic hydroxyl groups is 1. The van der Waals surface area contributed by atoms with Gasteiger partial charge in [-0.3, -0.25) is 10.1 Å². The fourth-order valence-electron chi connectivity index (χ4n) is 2.82. The van der Waals surface area contributed by atoms with E-state index in [1.54, 1.807) is 66.7 Å². The molecule has 7 nitrogen and oxygen atoms in total. The minimum Gasteiger partial charge on any atom is -0.508 e. The lowest BCUT2D eigenvalue weighted by Crippen LogP contribution is -2.17. The van der Waals surface area contributed by atoms with E-state index in [-0.39, 0.29) is 18.1 Å². The van der Waals surface area contributed by atoms with Gasteiger partial charge < -0.3 is 20.9 Å². The molecule has 0 saturated carbocycles. The van der Waals surface area contributed by atoms with Gasteiger partial charge in [0, 0.05) is 12.1 Å². The number of hydrogen-bond donors (Lipinski definition) is 4. The molecule has 0 aliphatic carbocycles. The van der Waals surface area contributed by atoms with Crippen LogP contribution < -0.4 is 16.4 Å². The molecule has 7 heteroatoms. The third kappa shape index (κ3) is 6.64. The zero-order chi connectivity index (χ0) is 22.1. The summed E-state index contributed by atoms with van der Waals surface area (Å²) in [7, 11) is 0. The maximum atomic E-state index is 12.3. The molecule has 2 amide bonds. The van der Waals surface area contributed by atoms with Crippen LogP contribution >= 0.6 is 0 Å². The van der Waals surface area contributed by atoms with E-state index in [9.17, 15) is 14.7 Å². The smallest absolute Gasteiger partial charge is 0.412 e. The van der Waals surface area contributed by atoms with Crippen molar-refractivity contribution < 1.29 is 19.4 Å². The summed E-state index contributed by atoms with van der Waals surface area (Å²) in [5.41, 5.74) is 8.10. The molecule has 3 aromatic rings. The highest BCUT2D eigenvalue weighted by Crippen LogP contribution is 2.25. The molecule has 0 saturated heterocycles. The molecular weight excluding hydrogens is 394 g/mol. The Hall–Kier alpha value is -4.26. The highest BCUT2D eigenvalue weighted by molar-refractivity contribution is 6.01. The van der Waals surface area contributed by atoms with Gasteiger partial charge in [0.25, 0.3) is 0 Å². The van der Waals surface area contributed by atoms with Gasteiger partial charge in [-0.25, -0.2) is 4.79 Å². The number of nitrogen functional groups attached to an aromatic ring is 1. The fraction of sp³-hybridized carbons (Fsp3) is 0.0833. The topological polar surface area (TPSA) is 114 Å². The van der Waals surface area contributed by atoms with Gasteiger partial charge in [0.05, 0.1) is 11.4 Å². The molecule has 5 N–H and O–H groups in total. The van der Waals surface area contributed by atoms with Gasteiger partial charge in [0.15, 0.2) is 0 Å². The summed E-state index contributed by atoms with van der Waals surface area (Å²) in [5.74, 6) is -0.247. The number of benzene rings is 3. The summed E-state index contributed by atoms with van der Waals surface area (Å²) in [5, 5.41) is 14.9. The molecular formula is C24H23N3O4. The number of nitrogens with two attached hydrogens (primary N) is 1. The molecule has 0 aliphatic rings. The molecule has 0 heterocycles. The molecule has 3 rings (SSSR count). The molecule has 158 valence electrons. The van der Waals surface area contributed by atoms with E-state index < -0.39 is 12.2 Å². The lowest BCUT2D eigenvalue weighted by atomic mass is 10.1. The number of phenols is 1. The molecule has 0 fully saturated rings. The lowest BCUT2D eigenvalue weighted by Gasteiger charge is -2.17. The van der Waals surface area contributed by atoms with Crippen molar-refractivity contribution in [3.05, 3.63) is 96.6 Å². The Kier molecular flexibility index (Phi) is 7.26. The van der Waals surface area contributed by atoms with Crippen molar-refractivity contribution in [2.24, 2.45) is 0 Å². The second-order valence-electron chi connectivity index (χ2n) is 6.69. The van der Waals surface area contributed by atoms with Crippen LogP contribution in [0.2, 0.25) is 0 Å². The Morgan fingerprint density at radius 2 is 1.61 bits per heavy atom. The van der Waals surface area contributed by atoms with Gasteiger partial charge in [-0.05, 0) is 48.0 Å². The molecule has 0 bridgehead atoms. The van der Waals surface area contributed by atoms with Crippen LogP contribution in [-0.2, 0) is 9.53 Å². The molecule has 0 radical (unpaired) electrons. The number of hydrogen-bond acceptors (Lipinski definition) is 5. The minimum atomic E-state index is -0.657. The Labute approximate surface area is 180 Å². The first-order valence-electron chi connectivity index (χ1n) is 9.65. The summed E-state index contributed by atoms with van der Waals surface area (Å²) in [6.45, 7) is 0. The molecule has 0 aromatic heterocycles. The van der Waals surface area contributed by atoms with Crippen LogP contribution in [0, 0.1) is 0 Å². The molecule has 31 heavy (non-hydrogen) atoms. The second kappa shape index (κ2) is 10.5. The van der Waals surface area contributed by atoms with E-state index in [4.69, 9.17) is 10.5 Å². The molecule has 1 atom stereocenters. The maximum Gasteiger partial charge on any atom is 0.412 e. The van der Waals surface area contributed by atoms with Crippen molar-refractivity contribution in [1.82, 2.24) is 0 Å². The number of anilines is 3. The number of rotatable bonds is 7. The predicted molar refractivity (Wildman–Crippen MR) is 121 cm³/mol. The van der Waals surface area contributed by atoms with Crippen LogP contribution in [0.15, 0.2) is 91.0 Å². The monoisotopic (exact) mass is 417 g/mol. The summed E-state index contributed by atoms with van der Waals surface area (Å²) in [4.78, 5) is 24.5. The van der Waals surface area contributed by atoms with Crippen LogP contribution in [-0.4, -0.2) is 17.1 Å². The van der Waals surface area contributed by atoms with Crippen molar-refractivity contribution in [1.29, 1.82) is 0 Å². The van der Waals surface area contributed by atoms with E-state index in [1.165, 1.54) is 18.2 Å². The largest absolute Gasteiger partial charge is 0.508 e. The molecule has 0 aliphatic heterocycles. The first-order valence-corrected chi connectivity index (χ1v) is 9.65. The third-order valence-electron chi connectivity index (χ3n) is 4.37. The highest BCUT2D eigenvalue weighted by Gasteiger charge is 2.16. The Balaban J connectivity index is 1.65. The SMILES string of the molecule is Nc1ccccc1NC(=O)/C=C/C[C@@H](OC(=O)Nc1ccccc1)c1ccc(O)cc1. The number of carbonyl (C=O) groups is 2. The van der Waals surface area contributed by atoms with Crippen molar-refractivity contribution in [3.63, 3.8) is 0 Å². The van der Waals surface area contributed by atoms with Crippen LogP contribution in [0.1, 0.15) is 18.1 Å². The van der Waals surface area contributed by atoms with E-state index in [1.807, 2.05) is 6.07 Å². The first kappa shape index (κ1) is 21.4. The molecule has 3 aromatic carbocycles. The maximum absolute atomic E-state index is 12.3. The zero-order valence-electron chi connectivity index (χ0n) is 16.7. The van der Waals surface area contributed by atoms with E-state index in [0.717, 1.165) is 0 Å². The van der Waals surface area contributed by atoms with Crippen LogP contribution in [0.25, 0.3) is 0 Å². The van der Waals surface area contributed by atoms with Gasteiger partial charge in [-0.15, -0.1) is 0 Å². The van der Waals surface area contributed by atoms with Crippen LogP contribution in [0.4, 0.5) is 21.9 Å². The quantitative estimate of drug-likeness (QED) is 0.324. The minimum absolute atomic E-state index is 0.103. The molecule has 0 unspecified atom stereocenters. The normalized spacial score (nSPS) is 11.6. The summed E-state index contributed by atoms with van der Waals surface area (Å²) in [6, 6.07) is 22.2. The second-order valence-corrected chi connectivity index (χ2v) is 6.69. The van der Waals surface area contributed by atoms with Gasteiger partial charge in [0.2, 0.25) is 5.91 Å². The summed E-state index contributed by atoms with van der Waals surface area (Å²) < 4.78 is 5.56. The van der Waals surface area contributed by atoms with Crippen molar-refractivity contribution in [2.45, 2.75) is 12.5 Å². The van der Waals surface area contributed by atoms with Crippen LogP contribution in [0.5, 0.6) is 5.75 Å². The van der Waals surface area contributed by atoms with Gasteiger partial charge >= 0.3 is 6.09 Å². The Morgan fingerprint density at radius 1 is 0.935 bits per heavy atom. The van der Waals surface area contributed by atoms with E-state index in [2.05, 4.69) is 10.6 Å². The van der Waals surface area contributed by atoms with Gasteiger partial charge in [-0.2, -0.15) is 0 Å². The van der Waals surface area contributed by atoms with Crippen LogP contribution in [0.3, 0.4) is 0 Å². The highest BCUT2D eigenvalue weighted by atomic mass is 16.6. The van der Waals surface area contributed by atoms with Gasteiger partial charge in [-0.1, -0.05) is 48.5 Å². The zero-order valence-corrected chi connectivity index (χ0v) is 16.7. The van der Waals surface area contributed by atoms with E-state index >= 15 is 0 Å². The average Bonchev–Trinajstić information content (AvgIpc) is 2.76. The number of amides is 2. The Bertz CT molecular complexity index is 1050. The number of para-hydroxylation sites is 3. The fourth-order valence-corrected chi connectivity index (χ4v) is 2.82. The molecule has 0 spiro atoms. The Morgan fingerprint density at radius 3 is 2.32 bits per heavy atom. The van der Waals surface area contributed by atoms with Crippen molar-refractivity contribution in [2.75, 3.05) is 16.4 Å². The van der Waals surface area contributed by atoms with Gasteiger partial charge in [0.1, 0.15) is 11.9 Å². The number of nitrogens with one attached hydrogen (secondary N) is 2. The summed E-state index contributed by atoms with van der Waals surface area (Å²) in [6.07, 6.45) is 1.94. The average molecular weight is 417 g/mol.